The van der Waals surface area contributed by atoms with E-state index in [0.717, 1.165) is 43.4 Å². The van der Waals surface area contributed by atoms with Gasteiger partial charge in [0.25, 0.3) is 0 Å². The SMILES string of the molecule is CCC1CNCCN1c1nnc(C)c(C)n1. The molecular formula is C11H19N5. The summed E-state index contributed by atoms with van der Waals surface area (Å²) in [4.78, 5) is 6.78. The Hall–Kier alpha value is -1.23. The molecule has 0 saturated carbocycles. The average molecular weight is 221 g/mol. The Balaban J connectivity index is 2.23. The van der Waals surface area contributed by atoms with Crippen molar-refractivity contribution < 1.29 is 0 Å². The predicted octanol–water partition coefficient (Wildman–Crippen LogP) is 0.677. The van der Waals surface area contributed by atoms with Crippen molar-refractivity contribution >= 4 is 5.95 Å². The molecule has 1 saturated heterocycles. The summed E-state index contributed by atoms with van der Waals surface area (Å²) >= 11 is 0. The van der Waals surface area contributed by atoms with Gasteiger partial charge in [-0.15, -0.1) is 5.10 Å². The fourth-order valence-electron chi connectivity index (χ4n) is 1.96. The number of piperazine rings is 1. The zero-order chi connectivity index (χ0) is 11.5. The van der Waals surface area contributed by atoms with Crippen LogP contribution in [-0.2, 0) is 0 Å². The molecule has 1 aromatic rings. The first-order valence-electron chi connectivity index (χ1n) is 5.87. The molecular weight excluding hydrogens is 202 g/mol. The largest absolute Gasteiger partial charge is 0.334 e. The number of rotatable bonds is 2. The van der Waals surface area contributed by atoms with Crippen LogP contribution in [0.4, 0.5) is 5.95 Å². The van der Waals surface area contributed by atoms with Crippen LogP contribution in [-0.4, -0.2) is 40.9 Å². The Morgan fingerprint density at radius 2 is 2.12 bits per heavy atom. The summed E-state index contributed by atoms with van der Waals surface area (Å²) in [7, 11) is 0. The summed E-state index contributed by atoms with van der Waals surface area (Å²) in [6, 6.07) is 0.484. The highest BCUT2D eigenvalue weighted by Gasteiger charge is 2.23. The quantitative estimate of drug-likeness (QED) is 0.795. The van der Waals surface area contributed by atoms with Gasteiger partial charge in [-0.25, -0.2) is 4.98 Å². The lowest BCUT2D eigenvalue weighted by Gasteiger charge is -2.35. The van der Waals surface area contributed by atoms with Crippen molar-refractivity contribution in [1.29, 1.82) is 0 Å². The minimum Gasteiger partial charge on any atom is -0.334 e. The second kappa shape index (κ2) is 4.74. The summed E-state index contributed by atoms with van der Waals surface area (Å²) in [5.41, 5.74) is 1.88. The molecule has 0 spiro atoms. The van der Waals surface area contributed by atoms with Crippen LogP contribution in [0.2, 0.25) is 0 Å². The maximum Gasteiger partial charge on any atom is 0.245 e. The van der Waals surface area contributed by atoms with E-state index in [1.54, 1.807) is 0 Å². The van der Waals surface area contributed by atoms with Crippen LogP contribution >= 0.6 is 0 Å². The summed E-state index contributed by atoms with van der Waals surface area (Å²) in [6.07, 6.45) is 1.10. The van der Waals surface area contributed by atoms with Crippen molar-refractivity contribution in [2.45, 2.75) is 33.2 Å². The zero-order valence-corrected chi connectivity index (χ0v) is 10.2. The normalized spacial score (nSPS) is 21.2. The van der Waals surface area contributed by atoms with Crippen LogP contribution in [0.3, 0.4) is 0 Å². The molecule has 0 amide bonds. The van der Waals surface area contributed by atoms with Crippen molar-refractivity contribution in [3.05, 3.63) is 11.4 Å². The molecule has 5 heteroatoms. The third-order valence-electron chi connectivity index (χ3n) is 3.16. The van der Waals surface area contributed by atoms with Gasteiger partial charge in [-0.2, -0.15) is 5.10 Å². The van der Waals surface area contributed by atoms with Gasteiger partial charge in [0, 0.05) is 25.7 Å². The van der Waals surface area contributed by atoms with Crippen LogP contribution in [0.5, 0.6) is 0 Å². The lowest BCUT2D eigenvalue weighted by molar-refractivity contribution is 0.457. The number of hydrogen-bond acceptors (Lipinski definition) is 5. The predicted molar refractivity (Wildman–Crippen MR) is 63.6 cm³/mol. The van der Waals surface area contributed by atoms with E-state index >= 15 is 0 Å². The Bertz CT molecular complexity index is 365. The molecule has 0 bridgehead atoms. The van der Waals surface area contributed by atoms with Crippen LogP contribution in [0.15, 0.2) is 0 Å². The molecule has 0 aliphatic carbocycles. The van der Waals surface area contributed by atoms with Gasteiger partial charge < -0.3 is 10.2 Å². The van der Waals surface area contributed by atoms with Crippen LogP contribution in [0.25, 0.3) is 0 Å². The summed E-state index contributed by atoms with van der Waals surface area (Å²) in [5, 5.41) is 11.7. The lowest BCUT2D eigenvalue weighted by Crippen LogP contribution is -2.51. The fourth-order valence-corrected chi connectivity index (χ4v) is 1.96. The van der Waals surface area contributed by atoms with Gasteiger partial charge in [0.05, 0.1) is 11.4 Å². The molecule has 1 aliphatic heterocycles. The van der Waals surface area contributed by atoms with Crippen LogP contribution < -0.4 is 10.2 Å². The van der Waals surface area contributed by atoms with Gasteiger partial charge in [-0.1, -0.05) is 6.92 Å². The topological polar surface area (TPSA) is 53.9 Å². The van der Waals surface area contributed by atoms with E-state index in [-0.39, 0.29) is 0 Å². The molecule has 1 aromatic heterocycles. The van der Waals surface area contributed by atoms with E-state index in [0.29, 0.717) is 6.04 Å². The highest BCUT2D eigenvalue weighted by Crippen LogP contribution is 2.15. The Labute approximate surface area is 96.3 Å². The number of nitrogens with zero attached hydrogens (tertiary/aromatic N) is 4. The molecule has 2 rings (SSSR count). The number of anilines is 1. The van der Waals surface area contributed by atoms with Gasteiger partial charge in [0.15, 0.2) is 0 Å². The smallest absolute Gasteiger partial charge is 0.245 e. The summed E-state index contributed by atoms with van der Waals surface area (Å²) in [6.45, 7) is 9.08. The Morgan fingerprint density at radius 1 is 1.31 bits per heavy atom. The standard InChI is InChI=1S/C11H19N5/c1-4-10-7-12-5-6-16(10)11-13-8(2)9(3)14-15-11/h10,12H,4-7H2,1-3H3. The van der Waals surface area contributed by atoms with Crippen molar-refractivity contribution in [3.63, 3.8) is 0 Å². The lowest BCUT2D eigenvalue weighted by atomic mass is 10.1. The molecule has 16 heavy (non-hydrogen) atoms. The Morgan fingerprint density at radius 3 is 2.81 bits per heavy atom. The van der Waals surface area contributed by atoms with Crippen molar-refractivity contribution in [2.75, 3.05) is 24.5 Å². The van der Waals surface area contributed by atoms with Crippen molar-refractivity contribution in [1.82, 2.24) is 20.5 Å². The minimum absolute atomic E-state index is 0.484. The maximum atomic E-state index is 4.52. The van der Waals surface area contributed by atoms with E-state index in [1.165, 1.54) is 0 Å². The molecule has 1 fully saturated rings. The van der Waals surface area contributed by atoms with Gasteiger partial charge in [-0.05, 0) is 20.3 Å². The van der Waals surface area contributed by atoms with E-state index in [4.69, 9.17) is 0 Å². The first-order chi connectivity index (χ1) is 7.72. The van der Waals surface area contributed by atoms with E-state index in [1.807, 2.05) is 13.8 Å². The average Bonchev–Trinajstić information content (AvgIpc) is 2.32. The van der Waals surface area contributed by atoms with Crippen LogP contribution in [0, 0.1) is 13.8 Å². The monoisotopic (exact) mass is 221 g/mol. The number of nitrogens with one attached hydrogen (secondary N) is 1. The summed E-state index contributed by atoms with van der Waals surface area (Å²) in [5.74, 6) is 0.774. The molecule has 0 radical (unpaired) electrons. The highest BCUT2D eigenvalue weighted by molar-refractivity contribution is 5.32. The molecule has 1 N–H and O–H groups in total. The first kappa shape index (κ1) is 11.3. The third-order valence-corrected chi connectivity index (χ3v) is 3.16. The van der Waals surface area contributed by atoms with Crippen molar-refractivity contribution in [3.8, 4) is 0 Å². The third kappa shape index (κ3) is 2.14. The minimum atomic E-state index is 0.484. The number of hydrogen-bond donors (Lipinski definition) is 1. The first-order valence-corrected chi connectivity index (χ1v) is 5.87. The Kier molecular flexibility index (Phi) is 3.33. The fraction of sp³-hybridized carbons (Fsp3) is 0.727. The number of aromatic nitrogens is 3. The second-order valence-corrected chi connectivity index (χ2v) is 4.24. The van der Waals surface area contributed by atoms with Crippen molar-refractivity contribution in [2.24, 2.45) is 0 Å². The molecule has 1 unspecified atom stereocenters. The molecule has 1 aliphatic rings. The van der Waals surface area contributed by atoms with Gasteiger partial charge in [0.2, 0.25) is 5.95 Å². The maximum absolute atomic E-state index is 4.52. The van der Waals surface area contributed by atoms with E-state index < -0.39 is 0 Å². The van der Waals surface area contributed by atoms with E-state index in [9.17, 15) is 0 Å². The highest BCUT2D eigenvalue weighted by atomic mass is 15.4. The summed E-state index contributed by atoms with van der Waals surface area (Å²) < 4.78 is 0. The zero-order valence-electron chi connectivity index (χ0n) is 10.2. The van der Waals surface area contributed by atoms with E-state index in [2.05, 4.69) is 32.3 Å². The van der Waals surface area contributed by atoms with Gasteiger partial charge in [0.1, 0.15) is 0 Å². The van der Waals surface area contributed by atoms with Gasteiger partial charge in [-0.3, -0.25) is 0 Å². The second-order valence-electron chi connectivity index (χ2n) is 4.24. The molecule has 2 heterocycles. The van der Waals surface area contributed by atoms with Gasteiger partial charge >= 0.3 is 0 Å². The molecule has 0 aromatic carbocycles. The number of aryl methyl sites for hydroxylation is 2. The van der Waals surface area contributed by atoms with Crippen LogP contribution in [0.1, 0.15) is 24.7 Å². The molecule has 88 valence electrons. The molecule has 1 atom stereocenters. The molecule has 5 nitrogen and oxygen atoms in total.